The maximum atomic E-state index is 12.4. The number of amides is 1. The first-order valence-electron chi connectivity index (χ1n) is 8.13. The molecule has 0 aliphatic carbocycles. The average molecular weight is 416 g/mol. The second kappa shape index (κ2) is 10.2. The van der Waals surface area contributed by atoms with Gasteiger partial charge in [0.05, 0.1) is 11.6 Å². The molecule has 1 N–H and O–H groups in total. The number of nitrogens with one attached hydrogen (secondary N) is 1. The Bertz CT molecular complexity index is 991. The van der Waals surface area contributed by atoms with Gasteiger partial charge in [0.15, 0.2) is 18.1 Å². The summed E-state index contributed by atoms with van der Waals surface area (Å²) in [6.45, 7) is 1.93. The summed E-state index contributed by atoms with van der Waals surface area (Å²) in [6, 6.07) is 13.4. The van der Waals surface area contributed by atoms with Crippen LogP contribution in [0.3, 0.4) is 0 Å². The molecule has 0 atom stereocenters. The molecule has 0 saturated heterocycles. The summed E-state index contributed by atoms with van der Waals surface area (Å²) < 4.78 is 10.8. The van der Waals surface area contributed by atoms with Crippen LogP contribution >= 0.6 is 23.2 Å². The molecule has 0 fully saturated rings. The lowest BCUT2D eigenvalue weighted by Gasteiger charge is -2.13. The van der Waals surface area contributed by atoms with Gasteiger partial charge in [0.25, 0.3) is 5.91 Å². The van der Waals surface area contributed by atoms with E-state index in [4.69, 9.17) is 37.9 Å². The maximum Gasteiger partial charge on any atom is 0.266 e. The summed E-state index contributed by atoms with van der Waals surface area (Å²) in [4.78, 5) is 12.4. The van der Waals surface area contributed by atoms with Crippen LogP contribution in [0.2, 0.25) is 10.0 Å². The fourth-order valence-electron chi connectivity index (χ4n) is 2.26. The Morgan fingerprint density at radius 3 is 2.64 bits per heavy atom. The van der Waals surface area contributed by atoms with Gasteiger partial charge in [0, 0.05) is 10.7 Å². The van der Waals surface area contributed by atoms with Crippen molar-refractivity contribution >= 4 is 40.9 Å². The molecule has 0 saturated carbocycles. The number of rotatable bonds is 7. The third-order valence-corrected chi connectivity index (χ3v) is 3.89. The maximum absolute atomic E-state index is 12.4. The van der Waals surface area contributed by atoms with Gasteiger partial charge in [0.1, 0.15) is 17.7 Å². The molecule has 1 amide bonds. The molecule has 0 unspecified atom stereocenters. The van der Waals surface area contributed by atoms with Crippen LogP contribution in [-0.2, 0) is 4.79 Å². The van der Waals surface area contributed by atoms with Crippen molar-refractivity contribution in [3.63, 3.8) is 0 Å². The Morgan fingerprint density at radius 1 is 1.21 bits per heavy atom. The topological polar surface area (TPSA) is 95.1 Å². The number of nitrogens with zero attached hydrogens (tertiary/aromatic N) is 2. The zero-order valence-corrected chi connectivity index (χ0v) is 16.3. The monoisotopic (exact) mass is 415 g/mol. The van der Waals surface area contributed by atoms with Crippen molar-refractivity contribution in [1.29, 1.82) is 10.5 Å². The zero-order valence-electron chi connectivity index (χ0n) is 14.8. The van der Waals surface area contributed by atoms with Crippen molar-refractivity contribution in [3.8, 4) is 23.6 Å². The first-order chi connectivity index (χ1) is 13.5. The Balaban J connectivity index is 2.33. The van der Waals surface area contributed by atoms with Gasteiger partial charge in [-0.25, -0.2) is 0 Å². The highest BCUT2D eigenvalue weighted by atomic mass is 35.5. The summed E-state index contributed by atoms with van der Waals surface area (Å²) in [5, 5.41) is 21.3. The number of benzene rings is 2. The molecular formula is C20H15Cl2N3O3. The SMILES string of the molecule is CCOc1cc(/C=C(\C#N)C(=O)Nc2cccc(Cl)c2)cc(Cl)c1OCC#N. The van der Waals surface area contributed by atoms with E-state index in [1.807, 2.05) is 12.1 Å². The number of carbonyl (C=O) groups is 1. The highest BCUT2D eigenvalue weighted by Crippen LogP contribution is 2.37. The van der Waals surface area contributed by atoms with E-state index in [0.29, 0.717) is 28.6 Å². The van der Waals surface area contributed by atoms with Gasteiger partial charge in [-0.3, -0.25) is 4.79 Å². The number of carbonyl (C=O) groups excluding carboxylic acids is 1. The number of halogens is 2. The van der Waals surface area contributed by atoms with E-state index in [2.05, 4.69) is 5.32 Å². The fourth-order valence-corrected chi connectivity index (χ4v) is 2.72. The molecule has 0 aliphatic rings. The molecule has 28 heavy (non-hydrogen) atoms. The number of anilines is 1. The van der Waals surface area contributed by atoms with Crippen molar-refractivity contribution < 1.29 is 14.3 Å². The quantitative estimate of drug-likeness (QED) is 0.515. The molecule has 8 heteroatoms. The Hall–Kier alpha value is -3.19. The summed E-state index contributed by atoms with van der Waals surface area (Å²) in [7, 11) is 0. The van der Waals surface area contributed by atoms with Crippen molar-refractivity contribution in [3.05, 3.63) is 57.6 Å². The predicted octanol–water partition coefficient (Wildman–Crippen LogP) is 4.84. The Kier molecular flexibility index (Phi) is 7.71. The second-order valence-corrected chi connectivity index (χ2v) is 6.19. The van der Waals surface area contributed by atoms with Crippen LogP contribution in [0.1, 0.15) is 12.5 Å². The molecule has 0 heterocycles. The highest BCUT2D eigenvalue weighted by Gasteiger charge is 2.15. The van der Waals surface area contributed by atoms with E-state index in [9.17, 15) is 10.1 Å². The van der Waals surface area contributed by atoms with Gasteiger partial charge in [-0.15, -0.1) is 0 Å². The van der Waals surface area contributed by atoms with Crippen LogP contribution in [-0.4, -0.2) is 19.1 Å². The predicted molar refractivity (Wildman–Crippen MR) is 107 cm³/mol. The van der Waals surface area contributed by atoms with Crippen LogP contribution < -0.4 is 14.8 Å². The number of ether oxygens (including phenoxy) is 2. The van der Waals surface area contributed by atoms with E-state index in [-0.39, 0.29) is 23.0 Å². The van der Waals surface area contributed by atoms with E-state index in [0.717, 1.165) is 0 Å². The normalized spacial score (nSPS) is 10.5. The molecule has 6 nitrogen and oxygen atoms in total. The van der Waals surface area contributed by atoms with Gasteiger partial charge in [-0.2, -0.15) is 10.5 Å². The minimum absolute atomic E-state index is 0.135. The molecule has 2 rings (SSSR count). The van der Waals surface area contributed by atoms with E-state index < -0.39 is 5.91 Å². The molecule has 0 spiro atoms. The van der Waals surface area contributed by atoms with Crippen LogP contribution in [0, 0.1) is 22.7 Å². The first kappa shape index (κ1) is 21.1. The molecular weight excluding hydrogens is 401 g/mol. The van der Waals surface area contributed by atoms with Crippen molar-refractivity contribution in [2.24, 2.45) is 0 Å². The van der Waals surface area contributed by atoms with Gasteiger partial charge in [-0.05, 0) is 48.9 Å². The smallest absolute Gasteiger partial charge is 0.266 e. The lowest BCUT2D eigenvalue weighted by molar-refractivity contribution is -0.112. The Labute approximate surface area is 172 Å². The molecule has 2 aromatic rings. The van der Waals surface area contributed by atoms with Crippen molar-refractivity contribution in [2.75, 3.05) is 18.5 Å². The molecule has 2 aromatic carbocycles. The lowest BCUT2D eigenvalue weighted by Crippen LogP contribution is -2.13. The van der Waals surface area contributed by atoms with Crippen LogP contribution in [0.5, 0.6) is 11.5 Å². The van der Waals surface area contributed by atoms with Gasteiger partial charge < -0.3 is 14.8 Å². The van der Waals surface area contributed by atoms with E-state index >= 15 is 0 Å². The minimum atomic E-state index is -0.594. The van der Waals surface area contributed by atoms with Gasteiger partial charge in [-0.1, -0.05) is 29.3 Å². The average Bonchev–Trinajstić information content (AvgIpc) is 2.65. The fraction of sp³-hybridized carbons (Fsp3) is 0.150. The molecule has 0 aromatic heterocycles. The molecule has 142 valence electrons. The van der Waals surface area contributed by atoms with Crippen molar-refractivity contribution in [2.45, 2.75) is 6.92 Å². The number of nitriles is 2. The standard InChI is InChI=1S/C20H15Cl2N3O3/c1-2-27-18-10-13(9-17(22)19(18)28-7-6-23)8-14(12-24)20(26)25-16-5-3-4-15(21)11-16/h3-5,8-11H,2,7H2,1H3,(H,25,26)/b14-8+. The van der Waals surface area contributed by atoms with E-state index in [1.54, 1.807) is 37.3 Å². The van der Waals surface area contributed by atoms with Crippen LogP contribution in [0.25, 0.3) is 6.08 Å². The molecule has 0 radical (unpaired) electrons. The highest BCUT2D eigenvalue weighted by molar-refractivity contribution is 6.32. The zero-order chi connectivity index (χ0) is 20.5. The Morgan fingerprint density at radius 2 is 2.00 bits per heavy atom. The summed E-state index contributed by atoms with van der Waals surface area (Å²) in [6.07, 6.45) is 1.38. The minimum Gasteiger partial charge on any atom is -0.490 e. The number of hydrogen-bond donors (Lipinski definition) is 1. The summed E-state index contributed by atoms with van der Waals surface area (Å²) in [5.74, 6) is -0.0585. The third-order valence-electron chi connectivity index (χ3n) is 3.37. The van der Waals surface area contributed by atoms with Crippen LogP contribution in [0.4, 0.5) is 5.69 Å². The van der Waals surface area contributed by atoms with E-state index in [1.165, 1.54) is 12.1 Å². The summed E-state index contributed by atoms with van der Waals surface area (Å²) >= 11 is 12.1. The summed E-state index contributed by atoms with van der Waals surface area (Å²) in [5.41, 5.74) is 0.798. The first-order valence-corrected chi connectivity index (χ1v) is 8.88. The van der Waals surface area contributed by atoms with Crippen LogP contribution in [0.15, 0.2) is 42.0 Å². The van der Waals surface area contributed by atoms with Gasteiger partial charge in [0.2, 0.25) is 0 Å². The molecule has 0 bridgehead atoms. The largest absolute Gasteiger partial charge is 0.490 e. The lowest BCUT2D eigenvalue weighted by atomic mass is 10.1. The van der Waals surface area contributed by atoms with Crippen molar-refractivity contribution in [1.82, 2.24) is 0 Å². The van der Waals surface area contributed by atoms with Gasteiger partial charge >= 0.3 is 0 Å². The second-order valence-electron chi connectivity index (χ2n) is 5.34. The third kappa shape index (κ3) is 5.65. The molecule has 0 aliphatic heterocycles. The number of hydrogen-bond acceptors (Lipinski definition) is 5.